The molecule has 0 bridgehead atoms. The smallest absolute Gasteiger partial charge is 0.310 e. The highest BCUT2D eigenvalue weighted by Gasteiger charge is 2.09. The lowest BCUT2D eigenvalue weighted by atomic mass is 10.1. The van der Waals surface area contributed by atoms with Crippen LogP contribution in [0.3, 0.4) is 0 Å². The molecular formula is C9H8BrFO2. The summed E-state index contributed by atoms with van der Waals surface area (Å²) in [5.74, 6) is -0.857. The van der Waals surface area contributed by atoms with E-state index < -0.39 is 11.8 Å². The van der Waals surface area contributed by atoms with Crippen LogP contribution in [0.25, 0.3) is 0 Å². The highest BCUT2D eigenvalue weighted by atomic mass is 79.9. The third-order valence-electron chi connectivity index (χ3n) is 1.59. The topological polar surface area (TPSA) is 26.3 Å². The van der Waals surface area contributed by atoms with Crippen LogP contribution in [0, 0.1) is 5.82 Å². The SMILES string of the molecule is COC(=O)Cc1cccc(Br)c1F. The first-order valence-corrected chi connectivity index (χ1v) is 4.44. The molecule has 0 fully saturated rings. The standard InChI is InChI=1S/C9H8BrFO2/c1-13-8(12)5-6-3-2-4-7(10)9(6)11/h2-4H,5H2,1H3. The molecule has 0 aromatic heterocycles. The van der Waals surface area contributed by atoms with E-state index in [0.29, 0.717) is 10.0 Å². The summed E-state index contributed by atoms with van der Waals surface area (Å²) >= 11 is 3.03. The van der Waals surface area contributed by atoms with Gasteiger partial charge in [0.25, 0.3) is 0 Å². The van der Waals surface area contributed by atoms with Gasteiger partial charge in [-0.05, 0) is 22.0 Å². The Bertz CT molecular complexity index is 325. The van der Waals surface area contributed by atoms with E-state index in [-0.39, 0.29) is 6.42 Å². The molecule has 0 aliphatic rings. The summed E-state index contributed by atoms with van der Waals surface area (Å²) < 4.78 is 18.0. The van der Waals surface area contributed by atoms with E-state index in [9.17, 15) is 9.18 Å². The Labute approximate surface area is 83.8 Å². The molecule has 13 heavy (non-hydrogen) atoms. The van der Waals surface area contributed by atoms with Crippen LogP contribution in [0.5, 0.6) is 0 Å². The lowest BCUT2D eigenvalue weighted by Gasteiger charge is -2.02. The maximum absolute atomic E-state index is 13.2. The Kier molecular flexibility index (Phi) is 3.42. The van der Waals surface area contributed by atoms with Crippen molar-refractivity contribution in [3.8, 4) is 0 Å². The third-order valence-corrected chi connectivity index (χ3v) is 2.21. The number of esters is 1. The molecule has 0 aliphatic carbocycles. The molecule has 0 saturated carbocycles. The van der Waals surface area contributed by atoms with Crippen molar-refractivity contribution in [3.63, 3.8) is 0 Å². The first-order valence-electron chi connectivity index (χ1n) is 3.65. The molecule has 0 radical (unpaired) electrons. The van der Waals surface area contributed by atoms with Crippen molar-refractivity contribution >= 4 is 21.9 Å². The van der Waals surface area contributed by atoms with E-state index in [2.05, 4.69) is 20.7 Å². The monoisotopic (exact) mass is 246 g/mol. The van der Waals surface area contributed by atoms with Crippen LogP contribution in [0.1, 0.15) is 5.56 Å². The summed E-state index contributed by atoms with van der Waals surface area (Å²) in [4.78, 5) is 10.8. The molecule has 0 amide bonds. The second-order valence-electron chi connectivity index (χ2n) is 2.47. The second-order valence-corrected chi connectivity index (χ2v) is 3.32. The van der Waals surface area contributed by atoms with Gasteiger partial charge in [0, 0.05) is 5.56 Å². The first kappa shape index (κ1) is 10.2. The Hall–Kier alpha value is -0.900. The van der Waals surface area contributed by atoms with Gasteiger partial charge in [-0.25, -0.2) is 4.39 Å². The quantitative estimate of drug-likeness (QED) is 0.749. The fourth-order valence-electron chi connectivity index (χ4n) is 0.913. The highest BCUT2D eigenvalue weighted by Crippen LogP contribution is 2.18. The average Bonchev–Trinajstić information content (AvgIpc) is 2.13. The van der Waals surface area contributed by atoms with Crippen LogP contribution in [-0.4, -0.2) is 13.1 Å². The van der Waals surface area contributed by atoms with Gasteiger partial charge in [0.2, 0.25) is 0 Å². The molecule has 1 aromatic carbocycles. The zero-order valence-corrected chi connectivity index (χ0v) is 8.60. The molecule has 0 N–H and O–H groups in total. The number of carbonyl (C=O) groups excluding carboxylic acids is 1. The highest BCUT2D eigenvalue weighted by molar-refractivity contribution is 9.10. The fourth-order valence-corrected chi connectivity index (χ4v) is 1.32. The number of methoxy groups -OCH3 is 1. The summed E-state index contributed by atoms with van der Waals surface area (Å²) in [7, 11) is 1.28. The summed E-state index contributed by atoms with van der Waals surface area (Å²) in [6, 6.07) is 4.80. The van der Waals surface area contributed by atoms with Crippen molar-refractivity contribution in [3.05, 3.63) is 34.1 Å². The molecule has 0 atom stereocenters. The van der Waals surface area contributed by atoms with Crippen LogP contribution in [0.15, 0.2) is 22.7 Å². The van der Waals surface area contributed by atoms with Crippen LogP contribution < -0.4 is 0 Å². The molecule has 2 nitrogen and oxygen atoms in total. The first-order chi connectivity index (χ1) is 6.15. The Morgan fingerprint density at radius 2 is 2.31 bits per heavy atom. The van der Waals surface area contributed by atoms with E-state index in [4.69, 9.17) is 0 Å². The van der Waals surface area contributed by atoms with Crippen molar-refractivity contribution in [1.82, 2.24) is 0 Å². The predicted molar refractivity (Wildman–Crippen MR) is 49.8 cm³/mol. The molecule has 1 rings (SSSR count). The minimum absolute atomic E-state index is 0.0399. The van der Waals surface area contributed by atoms with E-state index in [1.807, 2.05) is 0 Å². The number of carbonyl (C=O) groups is 1. The molecule has 70 valence electrons. The van der Waals surface area contributed by atoms with Gasteiger partial charge in [-0.1, -0.05) is 12.1 Å². The normalized spacial score (nSPS) is 9.77. The number of benzene rings is 1. The summed E-state index contributed by atoms with van der Waals surface area (Å²) in [6.07, 6.45) is -0.0399. The van der Waals surface area contributed by atoms with Crippen molar-refractivity contribution in [1.29, 1.82) is 0 Å². The zero-order valence-electron chi connectivity index (χ0n) is 7.01. The molecule has 0 unspecified atom stereocenters. The number of rotatable bonds is 2. The van der Waals surface area contributed by atoms with Crippen LogP contribution in [0.2, 0.25) is 0 Å². The van der Waals surface area contributed by atoms with Crippen LogP contribution in [0.4, 0.5) is 4.39 Å². The number of ether oxygens (including phenoxy) is 1. The van der Waals surface area contributed by atoms with Gasteiger partial charge in [0.1, 0.15) is 5.82 Å². The molecule has 1 aromatic rings. The second kappa shape index (κ2) is 4.37. The molecule has 0 heterocycles. The van der Waals surface area contributed by atoms with Gasteiger partial charge < -0.3 is 4.74 Å². The maximum Gasteiger partial charge on any atom is 0.310 e. The maximum atomic E-state index is 13.2. The predicted octanol–water partition coefficient (Wildman–Crippen LogP) is 2.30. The Morgan fingerprint density at radius 1 is 1.62 bits per heavy atom. The van der Waals surface area contributed by atoms with E-state index in [1.165, 1.54) is 7.11 Å². The third kappa shape index (κ3) is 2.52. The summed E-state index contributed by atoms with van der Waals surface area (Å²) in [5, 5.41) is 0. The Morgan fingerprint density at radius 3 is 2.92 bits per heavy atom. The largest absolute Gasteiger partial charge is 0.469 e. The summed E-state index contributed by atoms with van der Waals surface area (Å²) in [5.41, 5.74) is 0.334. The Balaban J connectivity index is 2.89. The number of halogens is 2. The van der Waals surface area contributed by atoms with Gasteiger partial charge in [-0.3, -0.25) is 4.79 Å². The van der Waals surface area contributed by atoms with Gasteiger partial charge >= 0.3 is 5.97 Å². The zero-order chi connectivity index (χ0) is 9.84. The lowest BCUT2D eigenvalue weighted by molar-refractivity contribution is -0.139. The fraction of sp³-hybridized carbons (Fsp3) is 0.222. The van der Waals surface area contributed by atoms with Crippen LogP contribution >= 0.6 is 15.9 Å². The van der Waals surface area contributed by atoms with Crippen molar-refractivity contribution in [2.45, 2.75) is 6.42 Å². The van der Waals surface area contributed by atoms with Crippen molar-refractivity contribution in [2.75, 3.05) is 7.11 Å². The van der Waals surface area contributed by atoms with Gasteiger partial charge in [0.05, 0.1) is 18.0 Å². The van der Waals surface area contributed by atoms with Crippen LogP contribution in [-0.2, 0) is 16.0 Å². The minimum atomic E-state index is -0.447. The molecule has 0 aliphatic heterocycles. The molecule has 0 spiro atoms. The molecule has 0 saturated heterocycles. The number of hydrogen-bond acceptors (Lipinski definition) is 2. The van der Waals surface area contributed by atoms with Gasteiger partial charge in [-0.2, -0.15) is 0 Å². The molecule has 4 heteroatoms. The minimum Gasteiger partial charge on any atom is -0.469 e. The van der Waals surface area contributed by atoms with Crippen molar-refractivity contribution in [2.24, 2.45) is 0 Å². The van der Waals surface area contributed by atoms with Crippen molar-refractivity contribution < 1.29 is 13.9 Å². The van der Waals surface area contributed by atoms with Gasteiger partial charge in [-0.15, -0.1) is 0 Å². The molecular weight excluding hydrogens is 239 g/mol. The average molecular weight is 247 g/mol. The number of hydrogen-bond donors (Lipinski definition) is 0. The lowest BCUT2D eigenvalue weighted by Crippen LogP contribution is -2.06. The van der Waals surface area contributed by atoms with Gasteiger partial charge in [0.15, 0.2) is 0 Å². The summed E-state index contributed by atoms with van der Waals surface area (Å²) in [6.45, 7) is 0. The van der Waals surface area contributed by atoms with E-state index in [0.717, 1.165) is 0 Å². The van der Waals surface area contributed by atoms with E-state index in [1.54, 1.807) is 18.2 Å². The van der Waals surface area contributed by atoms with E-state index >= 15 is 0 Å².